The monoisotopic (exact) mass is 373 g/mol. The second kappa shape index (κ2) is 7.49. The van der Waals surface area contributed by atoms with Gasteiger partial charge < -0.3 is 14.8 Å². The quantitative estimate of drug-likeness (QED) is 0.697. The van der Waals surface area contributed by atoms with Gasteiger partial charge in [0.2, 0.25) is 5.91 Å². The topological polar surface area (TPSA) is 65.4 Å². The Kier molecular flexibility index (Phi) is 4.73. The summed E-state index contributed by atoms with van der Waals surface area (Å²) in [5, 5.41) is 2.96. The van der Waals surface area contributed by atoms with Gasteiger partial charge in [0.05, 0.1) is 12.8 Å². The van der Waals surface area contributed by atoms with Gasteiger partial charge in [0.15, 0.2) is 0 Å². The number of hydrogen-bond acceptors (Lipinski definition) is 4. The summed E-state index contributed by atoms with van der Waals surface area (Å²) in [4.78, 5) is 17.0. The van der Waals surface area contributed by atoms with Crippen molar-refractivity contribution in [2.75, 3.05) is 19.0 Å². The molecule has 0 saturated carbocycles. The molecule has 1 aliphatic heterocycles. The van der Waals surface area contributed by atoms with Gasteiger partial charge in [0.25, 0.3) is 0 Å². The highest BCUT2D eigenvalue weighted by Gasteiger charge is 2.31. The molecule has 1 N–H and O–H groups in total. The van der Waals surface area contributed by atoms with Crippen LogP contribution in [-0.4, -0.2) is 29.2 Å². The zero-order chi connectivity index (χ0) is 19.5. The van der Waals surface area contributed by atoms with E-state index in [1.165, 1.54) is 0 Å². The van der Waals surface area contributed by atoms with Gasteiger partial charge in [0.1, 0.15) is 30.3 Å². The van der Waals surface area contributed by atoms with E-state index in [1.54, 1.807) is 13.4 Å². The summed E-state index contributed by atoms with van der Waals surface area (Å²) in [6.07, 6.45) is 7.32. The highest BCUT2D eigenvalue weighted by Crippen LogP contribution is 2.38. The third-order valence-electron chi connectivity index (χ3n) is 4.71. The van der Waals surface area contributed by atoms with Gasteiger partial charge in [-0.05, 0) is 42.0 Å². The van der Waals surface area contributed by atoms with Crippen molar-refractivity contribution >= 4 is 11.7 Å². The number of nitrogens with one attached hydrogen (secondary N) is 1. The molecule has 6 nitrogen and oxygen atoms in total. The van der Waals surface area contributed by atoms with E-state index >= 15 is 0 Å². The van der Waals surface area contributed by atoms with Crippen molar-refractivity contribution in [1.29, 1.82) is 0 Å². The van der Waals surface area contributed by atoms with Gasteiger partial charge in [-0.3, -0.25) is 9.36 Å². The molecule has 3 aromatic rings. The van der Waals surface area contributed by atoms with Gasteiger partial charge in [0, 0.05) is 18.0 Å². The number of fused-ring (bicyclic) bond motifs is 1. The van der Waals surface area contributed by atoms with Gasteiger partial charge in [-0.1, -0.05) is 18.1 Å². The Hall–Kier alpha value is -3.72. The van der Waals surface area contributed by atoms with E-state index in [9.17, 15) is 4.79 Å². The number of hydrogen-bond donors (Lipinski definition) is 1. The minimum Gasteiger partial charge on any atom is -0.497 e. The van der Waals surface area contributed by atoms with Crippen molar-refractivity contribution < 1.29 is 14.3 Å². The molecule has 6 heteroatoms. The molecular weight excluding hydrogens is 354 g/mol. The number of anilines is 1. The summed E-state index contributed by atoms with van der Waals surface area (Å²) in [7, 11) is 1.63. The average Bonchev–Trinajstić information content (AvgIpc) is 3.15. The van der Waals surface area contributed by atoms with Crippen LogP contribution in [0.4, 0.5) is 5.82 Å². The molecule has 0 unspecified atom stereocenters. The number of nitrogens with zero attached hydrogens (tertiary/aromatic N) is 2. The highest BCUT2D eigenvalue weighted by atomic mass is 16.5. The van der Waals surface area contributed by atoms with Gasteiger partial charge in [-0.15, -0.1) is 6.42 Å². The Bertz CT molecular complexity index is 1050. The fourth-order valence-electron chi connectivity index (χ4n) is 3.37. The lowest BCUT2D eigenvalue weighted by molar-refractivity contribution is -0.116. The molecule has 2 aromatic carbocycles. The molecule has 1 amide bonds. The molecule has 0 bridgehead atoms. The second-order valence-electron chi connectivity index (χ2n) is 6.42. The van der Waals surface area contributed by atoms with Crippen LogP contribution in [-0.2, 0) is 4.79 Å². The lowest BCUT2D eigenvalue weighted by Crippen LogP contribution is -2.24. The summed E-state index contributed by atoms with van der Waals surface area (Å²) in [5.41, 5.74) is 2.68. The number of carbonyl (C=O) groups is 1. The van der Waals surface area contributed by atoms with E-state index in [0.717, 1.165) is 22.7 Å². The predicted octanol–water partition coefficient (Wildman–Crippen LogP) is 3.37. The number of carbonyl (C=O) groups excluding carboxylic acids is 1. The first-order chi connectivity index (χ1) is 13.7. The maximum atomic E-state index is 12.4. The normalized spacial score (nSPS) is 15.3. The Morgan fingerprint density at radius 1 is 1.25 bits per heavy atom. The first-order valence-corrected chi connectivity index (χ1v) is 8.87. The number of rotatable bonds is 5. The van der Waals surface area contributed by atoms with Crippen LogP contribution in [0.3, 0.4) is 0 Å². The molecule has 0 aliphatic carbocycles. The van der Waals surface area contributed by atoms with Crippen molar-refractivity contribution in [3.05, 3.63) is 66.1 Å². The van der Waals surface area contributed by atoms with Crippen LogP contribution in [0, 0.1) is 12.3 Å². The van der Waals surface area contributed by atoms with Gasteiger partial charge in [-0.25, -0.2) is 4.98 Å². The number of ether oxygens (including phenoxy) is 2. The molecule has 0 radical (unpaired) electrons. The smallest absolute Gasteiger partial charge is 0.226 e. The summed E-state index contributed by atoms with van der Waals surface area (Å²) in [6, 6.07) is 15.2. The van der Waals surface area contributed by atoms with Crippen molar-refractivity contribution in [3.63, 3.8) is 0 Å². The molecule has 0 spiro atoms. The molecule has 1 atom stereocenters. The summed E-state index contributed by atoms with van der Waals surface area (Å²) in [5.74, 6) is 4.38. The van der Waals surface area contributed by atoms with Crippen molar-refractivity contribution in [2.24, 2.45) is 0 Å². The van der Waals surface area contributed by atoms with Gasteiger partial charge in [-0.2, -0.15) is 0 Å². The number of amides is 1. The standard InChI is InChI=1S/C22H19N3O3/c1-3-11-28-18-6-4-5-15(12-18)19-13-20(26)24-22-21(19)23-14-25(22)16-7-9-17(27-2)10-8-16/h1,4-10,12,14,19H,11,13H2,2H3,(H,24,26)/t19-/m1/s1. The summed E-state index contributed by atoms with van der Waals surface area (Å²) < 4.78 is 12.6. The van der Waals surface area contributed by atoms with E-state index in [0.29, 0.717) is 18.0 Å². The molecule has 0 fully saturated rings. The fraction of sp³-hybridized carbons (Fsp3) is 0.182. The minimum absolute atomic E-state index is 0.0530. The number of methoxy groups -OCH3 is 1. The van der Waals surface area contributed by atoms with Crippen LogP contribution < -0.4 is 14.8 Å². The number of terminal acetylenes is 1. The maximum Gasteiger partial charge on any atom is 0.226 e. The first kappa shape index (κ1) is 17.7. The molecule has 1 aromatic heterocycles. The lowest BCUT2D eigenvalue weighted by atomic mass is 9.89. The number of benzene rings is 2. The third-order valence-corrected chi connectivity index (χ3v) is 4.71. The van der Waals surface area contributed by atoms with E-state index in [4.69, 9.17) is 15.9 Å². The largest absolute Gasteiger partial charge is 0.497 e. The molecule has 0 saturated heterocycles. The lowest BCUT2D eigenvalue weighted by Gasteiger charge is -2.23. The van der Waals surface area contributed by atoms with Gasteiger partial charge >= 0.3 is 0 Å². The third kappa shape index (κ3) is 3.30. The zero-order valence-corrected chi connectivity index (χ0v) is 15.4. The van der Waals surface area contributed by atoms with Crippen LogP contribution in [0.25, 0.3) is 5.69 Å². The Balaban J connectivity index is 1.71. The number of imidazole rings is 1. The molecule has 2 heterocycles. The fourth-order valence-corrected chi connectivity index (χ4v) is 3.37. The highest BCUT2D eigenvalue weighted by molar-refractivity contribution is 5.94. The van der Waals surface area contributed by atoms with E-state index in [1.807, 2.05) is 53.1 Å². The minimum atomic E-state index is -0.155. The summed E-state index contributed by atoms with van der Waals surface area (Å²) in [6.45, 7) is 0.200. The van der Waals surface area contributed by atoms with E-state index < -0.39 is 0 Å². The van der Waals surface area contributed by atoms with E-state index in [2.05, 4.69) is 16.2 Å². The SMILES string of the molecule is C#CCOc1cccc([C@H]2CC(=O)Nc3c2ncn3-c2ccc(OC)cc2)c1. The van der Waals surface area contributed by atoms with Crippen molar-refractivity contribution in [1.82, 2.24) is 9.55 Å². The van der Waals surface area contributed by atoms with Crippen LogP contribution in [0.5, 0.6) is 11.5 Å². The number of aromatic nitrogens is 2. The maximum absolute atomic E-state index is 12.4. The average molecular weight is 373 g/mol. The molecular formula is C22H19N3O3. The molecule has 28 heavy (non-hydrogen) atoms. The molecule has 140 valence electrons. The molecule has 4 rings (SSSR count). The first-order valence-electron chi connectivity index (χ1n) is 8.87. The summed E-state index contributed by atoms with van der Waals surface area (Å²) >= 11 is 0. The Labute approximate surface area is 163 Å². The van der Waals surface area contributed by atoms with E-state index in [-0.39, 0.29) is 18.4 Å². The van der Waals surface area contributed by atoms with Crippen LogP contribution in [0.15, 0.2) is 54.9 Å². The Morgan fingerprint density at radius 2 is 2.07 bits per heavy atom. The molecule has 1 aliphatic rings. The van der Waals surface area contributed by atoms with Crippen LogP contribution in [0.1, 0.15) is 23.6 Å². The van der Waals surface area contributed by atoms with Crippen molar-refractivity contribution in [2.45, 2.75) is 12.3 Å². The van der Waals surface area contributed by atoms with Crippen molar-refractivity contribution in [3.8, 4) is 29.5 Å². The second-order valence-corrected chi connectivity index (χ2v) is 6.42. The zero-order valence-electron chi connectivity index (χ0n) is 15.4. The van der Waals surface area contributed by atoms with Crippen LogP contribution in [0.2, 0.25) is 0 Å². The predicted molar refractivity (Wildman–Crippen MR) is 106 cm³/mol. The van der Waals surface area contributed by atoms with Crippen LogP contribution >= 0.6 is 0 Å². The Morgan fingerprint density at radius 3 is 2.82 bits per heavy atom.